The maximum absolute atomic E-state index is 13.3. The van der Waals surface area contributed by atoms with Gasteiger partial charge in [-0.3, -0.25) is 19.8 Å². The molecule has 1 aliphatic heterocycles. The summed E-state index contributed by atoms with van der Waals surface area (Å²) in [6, 6.07) is 7.18. The lowest BCUT2D eigenvalue weighted by Crippen LogP contribution is -2.57. The van der Waals surface area contributed by atoms with Gasteiger partial charge in [0.2, 0.25) is 0 Å². The third-order valence-electron chi connectivity index (χ3n) is 5.68. The standard InChI is InChI=1S/C22H22FN3O3/c1-13-11-15(14(2)25(13)18-9-7-16(23)8-10-18)12-19-20(27)24-22(29)26(21(19)28)17-5-3-4-6-17/h7-12,17H,3-6H2,1-2H3,(H,24,27,29)/b19-12-. The molecule has 4 rings (SSSR count). The highest BCUT2D eigenvalue weighted by Crippen LogP contribution is 2.28. The molecule has 1 aromatic heterocycles. The monoisotopic (exact) mass is 395 g/mol. The first kappa shape index (κ1) is 19.1. The van der Waals surface area contributed by atoms with Crippen molar-refractivity contribution < 1.29 is 18.8 Å². The average molecular weight is 395 g/mol. The Hall–Kier alpha value is -3.22. The van der Waals surface area contributed by atoms with Gasteiger partial charge in [-0.05, 0) is 68.7 Å². The van der Waals surface area contributed by atoms with Crippen molar-refractivity contribution in [2.45, 2.75) is 45.6 Å². The van der Waals surface area contributed by atoms with Gasteiger partial charge >= 0.3 is 6.03 Å². The number of urea groups is 1. The predicted molar refractivity (Wildman–Crippen MR) is 106 cm³/mol. The maximum atomic E-state index is 13.3. The lowest BCUT2D eigenvalue weighted by atomic mass is 10.1. The van der Waals surface area contributed by atoms with Crippen LogP contribution in [0.4, 0.5) is 9.18 Å². The number of carbonyl (C=O) groups is 3. The Morgan fingerprint density at radius 2 is 1.72 bits per heavy atom. The average Bonchev–Trinajstić information content (AvgIpc) is 3.28. The number of halogens is 1. The van der Waals surface area contributed by atoms with E-state index in [1.165, 1.54) is 23.1 Å². The summed E-state index contributed by atoms with van der Waals surface area (Å²) in [5.74, 6) is -1.54. The van der Waals surface area contributed by atoms with Crippen LogP contribution in [0.25, 0.3) is 11.8 Å². The topological polar surface area (TPSA) is 71.4 Å². The Kier molecular flexibility index (Phi) is 4.82. The van der Waals surface area contributed by atoms with E-state index in [2.05, 4.69) is 5.32 Å². The molecule has 2 aromatic rings. The predicted octanol–water partition coefficient (Wildman–Crippen LogP) is 3.64. The van der Waals surface area contributed by atoms with E-state index in [1.807, 2.05) is 24.5 Å². The Labute approximate surface area is 168 Å². The third-order valence-corrected chi connectivity index (χ3v) is 5.68. The highest BCUT2D eigenvalue weighted by Gasteiger charge is 2.40. The van der Waals surface area contributed by atoms with Gasteiger partial charge in [0.1, 0.15) is 11.4 Å². The number of nitrogens with one attached hydrogen (secondary N) is 1. The Morgan fingerprint density at radius 3 is 2.38 bits per heavy atom. The minimum Gasteiger partial charge on any atom is -0.318 e. The third kappa shape index (κ3) is 3.37. The molecule has 1 aromatic carbocycles. The summed E-state index contributed by atoms with van der Waals surface area (Å²) in [7, 11) is 0. The molecule has 29 heavy (non-hydrogen) atoms. The van der Waals surface area contributed by atoms with Gasteiger partial charge in [-0.1, -0.05) is 12.8 Å². The summed E-state index contributed by atoms with van der Waals surface area (Å²) in [5.41, 5.74) is 3.13. The van der Waals surface area contributed by atoms with Crippen molar-refractivity contribution in [1.29, 1.82) is 0 Å². The zero-order chi connectivity index (χ0) is 20.7. The van der Waals surface area contributed by atoms with Gasteiger partial charge in [0.05, 0.1) is 0 Å². The van der Waals surface area contributed by atoms with E-state index in [-0.39, 0.29) is 17.4 Å². The number of aryl methyl sites for hydroxylation is 1. The van der Waals surface area contributed by atoms with Crippen LogP contribution in [0.5, 0.6) is 0 Å². The minimum atomic E-state index is -0.680. The second kappa shape index (κ2) is 7.31. The van der Waals surface area contributed by atoms with Gasteiger partial charge < -0.3 is 4.57 Å². The number of hydrogen-bond donors (Lipinski definition) is 1. The molecule has 0 radical (unpaired) electrons. The van der Waals surface area contributed by atoms with Crippen LogP contribution in [0.1, 0.15) is 42.6 Å². The second-order valence-corrected chi connectivity index (χ2v) is 7.57. The molecule has 2 heterocycles. The number of barbiturate groups is 1. The van der Waals surface area contributed by atoms with Crippen molar-refractivity contribution in [2.24, 2.45) is 0 Å². The fourth-order valence-electron chi connectivity index (χ4n) is 4.24. The molecule has 0 bridgehead atoms. The number of rotatable bonds is 3. The number of imide groups is 2. The molecule has 0 spiro atoms. The molecule has 2 fully saturated rings. The van der Waals surface area contributed by atoms with Gasteiger partial charge in [0.15, 0.2) is 0 Å². The molecule has 1 N–H and O–H groups in total. The van der Waals surface area contributed by atoms with Crippen molar-refractivity contribution in [1.82, 2.24) is 14.8 Å². The zero-order valence-electron chi connectivity index (χ0n) is 16.4. The van der Waals surface area contributed by atoms with Crippen LogP contribution in [0.3, 0.4) is 0 Å². The van der Waals surface area contributed by atoms with Gasteiger partial charge in [-0.15, -0.1) is 0 Å². The van der Waals surface area contributed by atoms with E-state index in [0.29, 0.717) is 5.56 Å². The number of benzene rings is 1. The van der Waals surface area contributed by atoms with Crippen LogP contribution in [-0.4, -0.2) is 33.4 Å². The Morgan fingerprint density at radius 1 is 1.07 bits per heavy atom. The van der Waals surface area contributed by atoms with E-state index in [4.69, 9.17) is 0 Å². The summed E-state index contributed by atoms with van der Waals surface area (Å²) in [5, 5.41) is 2.30. The van der Waals surface area contributed by atoms with Crippen LogP contribution >= 0.6 is 0 Å². The summed E-state index contributed by atoms with van der Waals surface area (Å²) >= 11 is 0. The summed E-state index contributed by atoms with van der Waals surface area (Å²) in [4.78, 5) is 38.8. The molecule has 1 aliphatic carbocycles. The van der Waals surface area contributed by atoms with Crippen molar-refractivity contribution in [3.05, 3.63) is 58.7 Å². The van der Waals surface area contributed by atoms with Crippen LogP contribution in [0.15, 0.2) is 35.9 Å². The van der Waals surface area contributed by atoms with Crippen LogP contribution in [0.2, 0.25) is 0 Å². The number of aromatic nitrogens is 1. The maximum Gasteiger partial charge on any atom is 0.331 e. The smallest absolute Gasteiger partial charge is 0.318 e. The number of carbonyl (C=O) groups excluding carboxylic acids is 3. The molecule has 1 saturated heterocycles. The fraction of sp³-hybridized carbons (Fsp3) is 0.318. The first-order chi connectivity index (χ1) is 13.9. The SMILES string of the molecule is Cc1cc(/C=C2/C(=O)NC(=O)N(C3CCCC3)C2=O)c(C)n1-c1ccc(F)cc1. The van der Waals surface area contributed by atoms with Crippen LogP contribution in [-0.2, 0) is 9.59 Å². The first-order valence-corrected chi connectivity index (χ1v) is 9.72. The van der Waals surface area contributed by atoms with Crippen molar-refractivity contribution in [2.75, 3.05) is 0 Å². The van der Waals surface area contributed by atoms with E-state index < -0.39 is 17.8 Å². The van der Waals surface area contributed by atoms with Crippen molar-refractivity contribution >= 4 is 23.9 Å². The highest BCUT2D eigenvalue weighted by molar-refractivity contribution is 6.31. The largest absolute Gasteiger partial charge is 0.331 e. The van der Waals surface area contributed by atoms with Crippen molar-refractivity contribution in [3.63, 3.8) is 0 Å². The van der Waals surface area contributed by atoms with Gasteiger partial charge in [0, 0.05) is 23.1 Å². The Bertz CT molecular complexity index is 1030. The molecule has 4 amide bonds. The molecule has 6 nitrogen and oxygen atoms in total. The highest BCUT2D eigenvalue weighted by atomic mass is 19.1. The number of nitrogens with zero attached hydrogens (tertiary/aromatic N) is 2. The molecule has 150 valence electrons. The second-order valence-electron chi connectivity index (χ2n) is 7.57. The van der Waals surface area contributed by atoms with Crippen LogP contribution < -0.4 is 5.32 Å². The van der Waals surface area contributed by atoms with Gasteiger partial charge in [0.25, 0.3) is 11.8 Å². The van der Waals surface area contributed by atoms with Crippen LogP contribution in [0, 0.1) is 19.7 Å². The van der Waals surface area contributed by atoms with Gasteiger partial charge in [-0.2, -0.15) is 0 Å². The quantitative estimate of drug-likeness (QED) is 0.637. The minimum absolute atomic E-state index is 0.0455. The lowest BCUT2D eigenvalue weighted by molar-refractivity contribution is -0.131. The van der Waals surface area contributed by atoms with E-state index in [9.17, 15) is 18.8 Å². The fourth-order valence-corrected chi connectivity index (χ4v) is 4.24. The zero-order valence-corrected chi connectivity index (χ0v) is 16.4. The lowest BCUT2D eigenvalue weighted by Gasteiger charge is -2.31. The molecule has 7 heteroatoms. The van der Waals surface area contributed by atoms with E-state index in [1.54, 1.807) is 12.1 Å². The molecule has 0 atom stereocenters. The number of hydrogen-bond acceptors (Lipinski definition) is 3. The summed E-state index contributed by atoms with van der Waals surface area (Å²) in [6.45, 7) is 3.77. The van der Waals surface area contributed by atoms with Crippen molar-refractivity contribution in [3.8, 4) is 5.69 Å². The summed E-state index contributed by atoms with van der Waals surface area (Å²) in [6.07, 6.45) is 4.99. The molecule has 1 saturated carbocycles. The number of amides is 4. The van der Waals surface area contributed by atoms with Gasteiger partial charge in [-0.25, -0.2) is 9.18 Å². The molecular formula is C22H22FN3O3. The Balaban J connectivity index is 1.72. The van der Waals surface area contributed by atoms with E-state index >= 15 is 0 Å². The van der Waals surface area contributed by atoms with E-state index in [0.717, 1.165) is 42.8 Å². The summed E-state index contributed by atoms with van der Waals surface area (Å²) < 4.78 is 15.2. The molecular weight excluding hydrogens is 373 g/mol. The normalized spacial score (nSPS) is 19.3. The molecule has 0 unspecified atom stereocenters. The first-order valence-electron chi connectivity index (χ1n) is 9.72. The molecule has 2 aliphatic rings.